The molecule has 1 heterocycles. The van der Waals surface area contributed by atoms with Gasteiger partial charge in [-0.3, -0.25) is 14.9 Å². The fraction of sp³-hybridized carbons (Fsp3) is 0.182. The van der Waals surface area contributed by atoms with Gasteiger partial charge in [-0.25, -0.2) is 5.43 Å². The molecule has 29 heavy (non-hydrogen) atoms. The molecule has 0 saturated carbocycles. The highest BCUT2D eigenvalue weighted by atomic mass is 16.6. The number of amides is 1. The number of furan rings is 1. The van der Waals surface area contributed by atoms with E-state index in [0.29, 0.717) is 22.6 Å². The van der Waals surface area contributed by atoms with Gasteiger partial charge in [0.25, 0.3) is 11.6 Å². The number of nitrogens with zero attached hydrogens (tertiary/aromatic N) is 2. The highest BCUT2D eigenvalue weighted by Crippen LogP contribution is 2.25. The average Bonchev–Trinajstić information content (AvgIpc) is 3.16. The normalized spacial score (nSPS) is 11.6. The monoisotopic (exact) mass is 391 g/mol. The van der Waals surface area contributed by atoms with Crippen LogP contribution in [0.4, 0.5) is 5.69 Å². The minimum absolute atomic E-state index is 0.0149. The predicted octanol–water partition coefficient (Wildman–Crippen LogP) is 4.92. The van der Waals surface area contributed by atoms with E-state index in [1.165, 1.54) is 18.3 Å². The molecule has 7 heteroatoms. The summed E-state index contributed by atoms with van der Waals surface area (Å²) in [4.78, 5) is 22.6. The standard InChI is InChI=1S/C22H21N3O4/c1-22(2,3)17-9-7-15(8-10-17)21(26)24-23-14-19-11-12-20(29-19)16-5-4-6-18(13-16)25(27)28/h4-14H,1-3H3,(H,24,26)/b23-14+. The van der Waals surface area contributed by atoms with Crippen LogP contribution in [0.1, 0.15) is 42.5 Å². The van der Waals surface area contributed by atoms with Crippen LogP contribution >= 0.6 is 0 Å². The van der Waals surface area contributed by atoms with Crippen molar-refractivity contribution in [1.82, 2.24) is 5.43 Å². The fourth-order valence-electron chi connectivity index (χ4n) is 2.69. The number of carbonyl (C=O) groups is 1. The molecule has 2 aromatic carbocycles. The lowest BCUT2D eigenvalue weighted by molar-refractivity contribution is -0.384. The van der Waals surface area contributed by atoms with E-state index in [1.54, 1.807) is 36.4 Å². The topological polar surface area (TPSA) is 97.7 Å². The van der Waals surface area contributed by atoms with Crippen LogP contribution in [0.3, 0.4) is 0 Å². The molecule has 1 aromatic heterocycles. The van der Waals surface area contributed by atoms with E-state index in [-0.39, 0.29) is 17.0 Å². The van der Waals surface area contributed by atoms with E-state index in [9.17, 15) is 14.9 Å². The average molecular weight is 391 g/mol. The predicted molar refractivity (Wildman–Crippen MR) is 111 cm³/mol. The largest absolute Gasteiger partial charge is 0.455 e. The number of nitro benzene ring substituents is 1. The number of rotatable bonds is 5. The van der Waals surface area contributed by atoms with Gasteiger partial charge in [-0.1, -0.05) is 45.0 Å². The number of nitrogens with one attached hydrogen (secondary N) is 1. The third-order valence-corrected chi connectivity index (χ3v) is 4.34. The first-order valence-electron chi connectivity index (χ1n) is 9.03. The quantitative estimate of drug-likeness (QED) is 0.379. The second-order valence-electron chi connectivity index (χ2n) is 7.54. The second kappa shape index (κ2) is 8.10. The van der Waals surface area contributed by atoms with Crippen LogP contribution in [0.2, 0.25) is 0 Å². The number of non-ortho nitro benzene ring substituents is 1. The van der Waals surface area contributed by atoms with Gasteiger partial charge in [0, 0.05) is 23.3 Å². The van der Waals surface area contributed by atoms with Crippen molar-refractivity contribution in [2.45, 2.75) is 26.2 Å². The molecule has 7 nitrogen and oxygen atoms in total. The Kier molecular flexibility index (Phi) is 5.59. The molecular formula is C22H21N3O4. The molecule has 3 rings (SSSR count). The maximum absolute atomic E-state index is 12.2. The summed E-state index contributed by atoms with van der Waals surface area (Å²) < 4.78 is 5.62. The van der Waals surface area contributed by atoms with Gasteiger partial charge < -0.3 is 4.42 Å². The molecule has 0 unspecified atom stereocenters. The van der Waals surface area contributed by atoms with Crippen molar-refractivity contribution >= 4 is 17.8 Å². The first kappa shape index (κ1) is 20.0. The molecule has 0 aliphatic rings. The molecule has 148 valence electrons. The molecule has 0 fully saturated rings. The van der Waals surface area contributed by atoms with Crippen LogP contribution in [0.15, 0.2) is 70.2 Å². The highest BCUT2D eigenvalue weighted by Gasteiger charge is 2.14. The van der Waals surface area contributed by atoms with Crippen molar-refractivity contribution in [2.24, 2.45) is 5.10 Å². The molecule has 0 aliphatic carbocycles. The summed E-state index contributed by atoms with van der Waals surface area (Å²) in [6.07, 6.45) is 1.38. The Hall–Kier alpha value is -3.74. The van der Waals surface area contributed by atoms with Gasteiger partial charge in [0.2, 0.25) is 0 Å². The van der Waals surface area contributed by atoms with Gasteiger partial charge >= 0.3 is 0 Å². The fourth-order valence-corrected chi connectivity index (χ4v) is 2.69. The molecule has 3 aromatic rings. The Balaban J connectivity index is 1.65. The van der Waals surface area contributed by atoms with Gasteiger partial charge in [-0.05, 0) is 35.2 Å². The summed E-state index contributed by atoms with van der Waals surface area (Å²) >= 11 is 0. The van der Waals surface area contributed by atoms with Crippen molar-refractivity contribution < 1.29 is 14.1 Å². The number of benzene rings is 2. The maximum Gasteiger partial charge on any atom is 0.271 e. The lowest BCUT2D eigenvalue weighted by Gasteiger charge is -2.18. The third kappa shape index (κ3) is 4.95. The molecule has 0 atom stereocenters. The Morgan fingerprint density at radius 3 is 2.48 bits per heavy atom. The Morgan fingerprint density at radius 2 is 1.83 bits per heavy atom. The first-order valence-corrected chi connectivity index (χ1v) is 9.03. The number of nitro groups is 1. The molecule has 1 N–H and O–H groups in total. The lowest BCUT2D eigenvalue weighted by Crippen LogP contribution is -2.18. The lowest BCUT2D eigenvalue weighted by atomic mass is 9.87. The van der Waals surface area contributed by atoms with E-state index in [1.807, 2.05) is 12.1 Å². The van der Waals surface area contributed by atoms with Crippen molar-refractivity contribution in [3.8, 4) is 11.3 Å². The van der Waals surface area contributed by atoms with Crippen LogP contribution in [-0.2, 0) is 5.41 Å². The number of hydrazone groups is 1. The maximum atomic E-state index is 12.2. The van der Waals surface area contributed by atoms with Crippen molar-refractivity contribution in [1.29, 1.82) is 0 Å². The Labute approximate surface area is 168 Å². The summed E-state index contributed by atoms with van der Waals surface area (Å²) in [7, 11) is 0. The minimum atomic E-state index is -0.460. The smallest absolute Gasteiger partial charge is 0.271 e. The SMILES string of the molecule is CC(C)(C)c1ccc(C(=O)N/N=C/c2ccc(-c3cccc([N+](=O)[O-])c3)o2)cc1. The molecule has 0 spiro atoms. The molecular weight excluding hydrogens is 370 g/mol. The van der Waals surface area contributed by atoms with Gasteiger partial charge in [0.05, 0.1) is 11.1 Å². The Morgan fingerprint density at radius 1 is 1.10 bits per heavy atom. The van der Waals surface area contributed by atoms with Gasteiger partial charge in [-0.2, -0.15) is 5.10 Å². The second-order valence-corrected chi connectivity index (χ2v) is 7.54. The van der Waals surface area contributed by atoms with E-state index in [4.69, 9.17) is 4.42 Å². The number of carbonyl (C=O) groups excluding carboxylic acids is 1. The van der Waals surface area contributed by atoms with E-state index in [2.05, 4.69) is 31.3 Å². The van der Waals surface area contributed by atoms with Crippen molar-refractivity contribution in [2.75, 3.05) is 0 Å². The van der Waals surface area contributed by atoms with Gasteiger partial charge in [0.15, 0.2) is 0 Å². The summed E-state index contributed by atoms with van der Waals surface area (Å²) in [5, 5.41) is 14.8. The first-order chi connectivity index (χ1) is 13.7. The van der Waals surface area contributed by atoms with E-state index in [0.717, 1.165) is 5.56 Å². The zero-order valence-electron chi connectivity index (χ0n) is 16.4. The molecule has 1 amide bonds. The molecule has 0 bridgehead atoms. The summed E-state index contributed by atoms with van der Waals surface area (Å²) in [6, 6.07) is 16.9. The summed E-state index contributed by atoms with van der Waals surface area (Å²) in [6.45, 7) is 6.33. The Bertz CT molecular complexity index is 1060. The highest BCUT2D eigenvalue weighted by molar-refractivity contribution is 5.94. The van der Waals surface area contributed by atoms with Crippen LogP contribution < -0.4 is 5.43 Å². The third-order valence-electron chi connectivity index (χ3n) is 4.34. The zero-order chi connectivity index (χ0) is 21.0. The number of hydrogen-bond acceptors (Lipinski definition) is 5. The van der Waals surface area contributed by atoms with Crippen molar-refractivity contribution in [3.63, 3.8) is 0 Å². The zero-order valence-corrected chi connectivity index (χ0v) is 16.4. The van der Waals surface area contributed by atoms with Crippen LogP contribution in [-0.4, -0.2) is 17.0 Å². The molecule has 0 saturated heterocycles. The number of hydrogen-bond donors (Lipinski definition) is 1. The summed E-state index contributed by atoms with van der Waals surface area (Å²) in [5.74, 6) is 0.557. The molecule has 0 aliphatic heterocycles. The van der Waals surface area contributed by atoms with E-state index >= 15 is 0 Å². The van der Waals surface area contributed by atoms with Crippen LogP contribution in [0, 0.1) is 10.1 Å². The van der Waals surface area contributed by atoms with Crippen LogP contribution in [0.25, 0.3) is 11.3 Å². The molecule has 0 radical (unpaired) electrons. The minimum Gasteiger partial charge on any atom is -0.455 e. The van der Waals surface area contributed by atoms with Crippen molar-refractivity contribution in [3.05, 3.63) is 87.7 Å². The van der Waals surface area contributed by atoms with E-state index < -0.39 is 4.92 Å². The van der Waals surface area contributed by atoms with Gasteiger partial charge in [-0.15, -0.1) is 0 Å². The van der Waals surface area contributed by atoms with Crippen LogP contribution in [0.5, 0.6) is 0 Å². The van der Waals surface area contributed by atoms with Gasteiger partial charge in [0.1, 0.15) is 11.5 Å². The summed E-state index contributed by atoms with van der Waals surface area (Å²) in [5.41, 5.74) is 4.69.